The van der Waals surface area contributed by atoms with Crippen LogP contribution in [0.4, 0.5) is 5.13 Å². The van der Waals surface area contributed by atoms with Crippen LogP contribution in [0.3, 0.4) is 0 Å². The Bertz CT molecular complexity index is 406. The van der Waals surface area contributed by atoms with E-state index in [0.717, 1.165) is 11.3 Å². The third-order valence-electron chi connectivity index (χ3n) is 2.17. The number of nitrogens with zero attached hydrogens (tertiary/aromatic N) is 1. The van der Waals surface area contributed by atoms with Crippen LogP contribution in [0.15, 0.2) is 0 Å². The number of ether oxygens (including phenoxy) is 2. The molecule has 0 aliphatic rings. The molecule has 0 radical (unpaired) electrons. The smallest absolute Gasteiger partial charge is 0.351 e. The Morgan fingerprint density at radius 1 is 1.53 bits per heavy atom. The highest BCUT2D eigenvalue weighted by atomic mass is 35.5. The lowest BCUT2D eigenvalue weighted by Crippen LogP contribution is -2.31. The van der Waals surface area contributed by atoms with Gasteiger partial charge >= 0.3 is 5.97 Å². The fourth-order valence-corrected chi connectivity index (χ4v) is 2.06. The van der Waals surface area contributed by atoms with Crippen molar-refractivity contribution in [2.75, 3.05) is 26.1 Å². The minimum absolute atomic E-state index is 0.152. The van der Waals surface area contributed by atoms with Gasteiger partial charge in [-0.15, -0.1) is 0 Å². The van der Waals surface area contributed by atoms with Gasteiger partial charge in [-0.25, -0.2) is 9.78 Å². The molecule has 1 rings (SSSR count). The molecule has 0 saturated heterocycles. The average molecular weight is 279 g/mol. The monoisotopic (exact) mass is 278 g/mol. The first-order valence-corrected chi connectivity index (χ1v) is 6.12. The molecule has 1 aromatic heterocycles. The second-order valence-corrected chi connectivity index (χ2v) is 5.30. The molecule has 1 aromatic rings. The number of rotatable bonds is 5. The molecule has 0 aliphatic carbocycles. The Balaban J connectivity index is 2.71. The molecule has 7 heteroatoms. The molecule has 0 aromatic carbocycles. The molecule has 96 valence electrons. The van der Waals surface area contributed by atoms with Crippen LogP contribution in [0.2, 0.25) is 5.15 Å². The summed E-state index contributed by atoms with van der Waals surface area (Å²) in [6.45, 7) is 4.45. The molecule has 0 fully saturated rings. The third kappa shape index (κ3) is 3.83. The number of carbonyl (C=O) groups excluding carboxylic acids is 1. The van der Waals surface area contributed by atoms with Crippen LogP contribution in [-0.2, 0) is 9.47 Å². The Labute approximate surface area is 109 Å². The number of halogens is 1. The van der Waals surface area contributed by atoms with E-state index in [2.05, 4.69) is 15.0 Å². The van der Waals surface area contributed by atoms with Crippen molar-refractivity contribution in [2.24, 2.45) is 0 Å². The van der Waals surface area contributed by atoms with Crippen molar-refractivity contribution in [1.29, 1.82) is 0 Å². The summed E-state index contributed by atoms with van der Waals surface area (Å²) in [5, 5.41) is 3.79. The number of nitrogens with one attached hydrogen (secondary N) is 1. The number of aromatic nitrogens is 1. The van der Waals surface area contributed by atoms with Crippen molar-refractivity contribution in [3.63, 3.8) is 0 Å². The Kier molecular flexibility index (Phi) is 4.73. The molecule has 1 heterocycles. The highest BCUT2D eigenvalue weighted by Crippen LogP contribution is 2.27. The Morgan fingerprint density at radius 2 is 2.18 bits per heavy atom. The van der Waals surface area contributed by atoms with E-state index in [1.165, 1.54) is 7.11 Å². The summed E-state index contributed by atoms with van der Waals surface area (Å²) in [6, 6.07) is 0. The number of hydrogen-bond donors (Lipinski definition) is 1. The average Bonchev–Trinajstić information content (AvgIpc) is 2.67. The van der Waals surface area contributed by atoms with Crippen LogP contribution in [0.5, 0.6) is 0 Å². The maximum absolute atomic E-state index is 11.3. The predicted molar refractivity (Wildman–Crippen MR) is 68.0 cm³/mol. The summed E-state index contributed by atoms with van der Waals surface area (Å²) < 4.78 is 9.85. The highest BCUT2D eigenvalue weighted by Gasteiger charge is 2.20. The highest BCUT2D eigenvalue weighted by molar-refractivity contribution is 7.18. The zero-order chi connectivity index (χ0) is 13.1. The summed E-state index contributed by atoms with van der Waals surface area (Å²) in [5.74, 6) is -0.480. The van der Waals surface area contributed by atoms with Crippen LogP contribution in [0.25, 0.3) is 0 Å². The first kappa shape index (κ1) is 14.2. The van der Waals surface area contributed by atoms with Crippen LogP contribution < -0.4 is 5.32 Å². The molecule has 0 saturated carbocycles. The molecule has 0 atom stereocenters. The fourth-order valence-electron chi connectivity index (χ4n) is 0.956. The SMILES string of the molecule is COC(=O)c1sc(NCC(C)(C)OC)nc1Cl. The van der Waals surface area contributed by atoms with Crippen molar-refractivity contribution >= 4 is 34.0 Å². The number of anilines is 1. The van der Waals surface area contributed by atoms with E-state index in [1.54, 1.807) is 7.11 Å². The first-order chi connectivity index (χ1) is 7.89. The predicted octanol–water partition coefficient (Wildman–Crippen LogP) is 2.42. The number of thiazole rings is 1. The quantitative estimate of drug-likeness (QED) is 0.838. The van der Waals surface area contributed by atoms with Crippen molar-refractivity contribution in [1.82, 2.24) is 4.98 Å². The molecular weight excluding hydrogens is 264 g/mol. The summed E-state index contributed by atoms with van der Waals surface area (Å²) in [4.78, 5) is 15.6. The first-order valence-electron chi connectivity index (χ1n) is 4.93. The van der Waals surface area contributed by atoms with Gasteiger partial charge in [-0.3, -0.25) is 0 Å². The number of esters is 1. The van der Waals surface area contributed by atoms with Gasteiger partial charge in [0, 0.05) is 13.7 Å². The van der Waals surface area contributed by atoms with Crippen molar-refractivity contribution < 1.29 is 14.3 Å². The molecule has 0 unspecified atom stereocenters. The minimum atomic E-state index is -0.480. The topological polar surface area (TPSA) is 60.5 Å². The van der Waals surface area contributed by atoms with Gasteiger partial charge in [0.2, 0.25) is 0 Å². The molecule has 0 aliphatic heterocycles. The van der Waals surface area contributed by atoms with Gasteiger partial charge in [-0.1, -0.05) is 22.9 Å². The molecule has 5 nitrogen and oxygen atoms in total. The van der Waals surface area contributed by atoms with Crippen LogP contribution >= 0.6 is 22.9 Å². The summed E-state index contributed by atoms with van der Waals surface area (Å²) in [6.07, 6.45) is 0. The second-order valence-electron chi connectivity index (χ2n) is 3.95. The van der Waals surface area contributed by atoms with Crippen molar-refractivity contribution in [2.45, 2.75) is 19.4 Å². The molecule has 17 heavy (non-hydrogen) atoms. The fraction of sp³-hybridized carbons (Fsp3) is 0.600. The lowest BCUT2D eigenvalue weighted by molar-refractivity contribution is 0.0343. The van der Waals surface area contributed by atoms with Gasteiger partial charge in [0.15, 0.2) is 15.2 Å². The Morgan fingerprint density at radius 3 is 2.71 bits per heavy atom. The normalized spacial score (nSPS) is 11.4. The van der Waals surface area contributed by atoms with Crippen LogP contribution in [0, 0.1) is 0 Å². The van der Waals surface area contributed by atoms with E-state index < -0.39 is 5.97 Å². The van der Waals surface area contributed by atoms with Gasteiger partial charge < -0.3 is 14.8 Å². The standard InChI is InChI=1S/C10H15ClN2O3S/c1-10(2,16-4)5-12-9-13-7(11)6(17-9)8(14)15-3/h5H2,1-4H3,(H,12,13). The summed E-state index contributed by atoms with van der Waals surface area (Å²) >= 11 is 6.99. The van der Waals surface area contributed by atoms with E-state index >= 15 is 0 Å². The van der Waals surface area contributed by atoms with E-state index in [-0.39, 0.29) is 10.8 Å². The van der Waals surface area contributed by atoms with Gasteiger partial charge in [0.05, 0.1) is 12.7 Å². The van der Waals surface area contributed by atoms with Crippen LogP contribution in [-0.4, -0.2) is 37.3 Å². The Hall–Kier alpha value is -0.850. The van der Waals surface area contributed by atoms with Crippen molar-refractivity contribution in [3.8, 4) is 0 Å². The maximum Gasteiger partial charge on any atom is 0.351 e. The van der Waals surface area contributed by atoms with Gasteiger partial charge in [-0.2, -0.15) is 0 Å². The largest absolute Gasteiger partial charge is 0.465 e. The van der Waals surface area contributed by atoms with Crippen LogP contribution in [0.1, 0.15) is 23.5 Å². The second kappa shape index (κ2) is 5.66. The van der Waals surface area contributed by atoms with E-state index in [0.29, 0.717) is 16.6 Å². The van der Waals surface area contributed by atoms with E-state index in [1.807, 2.05) is 13.8 Å². The number of hydrogen-bond acceptors (Lipinski definition) is 6. The van der Waals surface area contributed by atoms with Gasteiger partial charge in [-0.05, 0) is 13.8 Å². The van der Waals surface area contributed by atoms with E-state index in [9.17, 15) is 4.79 Å². The lowest BCUT2D eigenvalue weighted by Gasteiger charge is -2.22. The number of methoxy groups -OCH3 is 2. The summed E-state index contributed by atoms with van der Waals surface area (Å²) in [7, 11) is 2.94. The molecule has 0 spiro atoms. The molecule has 1 N–H and O–H groups in total. The minimum Gasteiger partial charge on any atom is -0.465 e. The lowest BCUT2D eigenvalue weighted by atomic mass is 10.1. The molecule has 0 bridgehead atoms. The maximum atomic E-state index is 11.3. The molecular formula is C10H15ClN2O3S. The third-order valence-corrected chi connectivity index (χ3v) is 3.55. The summed E-state index contributed by atoms with van der Waals surface area (Å²) in [5.41, 5.74) is -0.316. The van der Waals surface area contributed by atoms with Gasteiger partial charge in [0.1, 0.15) is 0 Å². The van der Waals surface area contributed by atoms with E-state index in [4.69, 9.17) is 16.3 Å². The zero-order valence-electron chi connectivity index (χ0n) is 10.2. The molecule has 0 amide bonds. The number of carbonyl (C=O) groups is 1. The van der Waals surface area contributed by atoms with Gasteiger partial charge in [0.25, 0.3) is 0 Å². The zero-order valence-corrected chi connectivity index (χ0v) is 11.7. The van der Waals surface area contributed by atoms with Crippen molar-refractivity contribution in [3.05, 3.63) is 10.0 Å².